The van der Waals surface area contributed by atoms with E-state index in [0.29, 0.717) is 17.1 Å². The minimum atomic E-state index is -1.04. The van der Waals surface area contributed by atoms with Crippen LogP contribution in [0.3, 0.4) is 0 Å². The minimum Gasteiger partial charge on any atom is -0.486 e. The molecule has 0 saturated carbocycles. The second kappa shape index (κ2) is 5.18. The third-order valence-corrected chi connectivity index (χ3v) is 2.30. The number of furan rings is 1. The van der Waals surface area contributed by atoms with E-state index in [1.165, 1.54) is 6.07 Å². The zero-order valence-electron chi connectivity index (χ0n) is 9.33. The molecule has 1 heterocycles. The van der Waals surface area contributed by atoms with Crippen LogP contribution in [0.4, 0.5) is 0 Å². The summed E-state index contributed by atoms with van der Waals surface area (Å²) in [6.07, 6.45) is 1.91. The Morgan fingerprint density at radius 1 is 1.33 bits per heavy atom. The van der Waals surface area contributed by atoms with Crippen molar-refractivity contribution in [3.05, 3.63) is 53.5 Å². The highest BCUT2D eigenvalue weighted by Crippen LogP contribution is 2.15. The Morgan fingerprint density at radius 3 is 2.61 bits per heavy atom. The summed E-state index contributed by atoms with van der Waals surface area (Å²) >= 11 is 0. The van der Waals surface area contributed by atoms with Crippen molar-refractivity contribution in [2.24, 2.45) is 0 Å². The number of carboxylic acids is 1. The number of benzene rings is 1. The molecule has 1 aromatic heterocycles. The van der Waals surface area contributed by atoms with Gasteiger partial charge in [-0.25, -0.2) is 4.79 Å². The van der Waals surface area contributed by atoms with Gasteiger partial charge in [-0.3, -0.25) is 4.79 Å². The molecule has 5 nitrogen and oxygen atoms in total. The van der Waals surface area contributed by atoms with Gasteiger partial charge in [-0.05, 0) is 30.3 Å². The summed E-state index contributed by atoms with van der Waals surface area (Å²) < 4.78 is 10.4. The van der Waals surface area contributed by atoms with Gasteiger partial charge in [-0.15, -0.1) is 0 Å². The third-order valence-electron chi connectivity index (χ3n) is 2.30. The molecule has 0 fully saturated rings. The number of ether oxygens (including phenoxy) is 1. The van der Waals surface area contributed by atoms with Crippen LogP contribution in [-0.2, 0) is 6.61 Å². The van der Waals surface area contributed by atoms with Crippen LogP contribution in [0.25, 0.3) is 0 Å². The van der Waals surface area contributed by atoms with Gasteiger partial charge in [0.25, 0.3) is 0 Å². The molecule has 18 heavy (non-hydrogen) atoms. The molecule has 0 aliphatic carbocycles. The van der Waals surface area contributed by atoms with Gasteiger partial charge in [0.05, 0.1) is 5.56 Å². The molecule has 0 bridgehead atoms. The Bertz CT molecular complexity index is 553. The maximum Gasteiger partial charge on any atom is 0.338 e. The van der Waals surface area contributed by atoms with Gasteiger partial charge in [-0.2, -0.15) is 0 Å². The highest BCUT2D eigenvalue weighted by Gasteiger charge is 2.08. The molecule has 5 heteroatoms. The van der Waals surface area contributed by atoms with Crippen LogP contribution in [0.5, 0.6) is 5.75 Å². The Kier molecular flexibility index (Phi) is 3.43. The van der Waals surface area contributed by atoms with E-state index in [2.05, 4.69) is 0 Å². The van der Waals surface area contributed by atoms with Gasteiger partial charge >= 0.3 is 5.97 Å². The number of carboxylic acid groups (broad SMARTS) is 1. The molecule has 0 atom stereocenters. The number of hydrogen-bond donors (Lipinski definition) is 1. The third kappa shape index (κ3) is 2.76. The van der Waals surface area contributed by atoms with Crippen molar-refractivity contribution in [1.29, 1.82) is 0 Å². The summed E-state index contributed by atoms with van der Waals surface area (Å²) in [6.45, 7) is 0.133. The number of aldehydes is 1. The molecule has 0 radical (unpaired) electrons. The van der Waals surface area contributed by atoms with E-state index in [1.807, 2.05) is 0 Å². The molecule has 92 valence electrons. The SMILES string of the molecule is O=Cc1ccc(OCc2cc(C(=O)O)co2)cc1. The van der Waals surface area contributed by atoms with Gasteiger partial charge in [0.1, 0.15) is 30.7 Å². The average Bonchev–Trinajstić information content (AvgIpc) is 2.86. The van der Waals surface area contributed by atoms with E-state index in [0.717, 1.165) is 12.5 Å². The number of aromatic carboxylic acids is 1. The van der Waals surface area contributed by atoms with Crippen LogP contribution in [0.2, 0.25) is 0 Å². The predicted octanol–water partition coefficient (Wildman–Crippen LogP) is 2.37. The number of hydrogen-bond acceptors (Lipinski definition) is 4. The molecule has 1 N–H and O–H groups in total. The van der Waals surface area contributed by atoms with Crippen molar-refractivity contribution in [3.8, 4) is 5.75 Å². The highest BCUT2D eigenvalue weighted by atomic mass is 16.5. The fourth-order valence-corrected chi connectivity index (χ4v) is 1.37. The monoisotopic (exact) mass is 246 g/mol. The van der Waals surface area contributed by atoms with E-state index in [-0.39, 0.29) is 12.2 Å². The van der Waals surface area contributed by atoms with Crippen LogP contribution in [-0.4, -0.2) is 17.4 Å². The average molecular weight is 246 g/mol. The molecular formula is C13H10O5. The minimum absolute atomic E-state index is 0.0879. The van der Waals surface area contributed by atoms with Crippen molar-refractivity contribution >= 4 is 12.3 Å². The lowest BCUT2D eigenvalue weighted by molar-refractivity contribution is 0.0696. The standard InChI is InChI=1S/C13H10O5/c14-6-9-1-3-11(4-2-9)18-8-12-5-10(7-17-12)13(15)16/h1-7H,8H2,(H,15,16). The van der Waals surface area contributed by atoms with Crippen molar-refractivity contribution in [2.75, 3.05) is 0 Å². The summed E-state index contributed by atoms with van der Waals surface area (Å²) in [5, 5.41) is 8.71. The topological polar surface area (TPSA) is 76.7 Å². The lowest BCUT2D eigenvalue weighted by Gasteiger charge is -2.03. The molecular weight excluding hydrogens is 236 g/mol. The first kappa shape index (κ1) is 11.9. The van der Waals surface area contributed by atoms with Crippen molar-refractivity contribution in [2.45, 2.75) is 6.61 Å². The smallest absolute Gasteiger partial charge is 0.338 e. The fourth-order valence-electron chi connectivity index (χ4n) is 1.37. The van der Waals surface area contributed by atoms with E-state index in [9.17, 15) is 9.59 Å². The van der Waals surface area contributed by atoms with Crippen molar-refractivity contribution in [1.82, 2.24) is 0 Å². The van der Waals surface area contributed by atoms with Crippen molar-refractivity contribution < 1.29 is 23.8 Å². The Morgan fingerprint density at radius 2 is 2.06 bits per heavy atom. The maximum absolute atomic E-state index is 10.6. The summed E-state index contributed by atoms with van der Waals surface area (Å²) in [6, 6.07) is 7.98. The van der Waals surface area contributed by atoms with E-state index < -0.39 is 5.97 Å². The van der Waals surface area contributed by atoms with Gasteiger partial charge in [0.15, 0.2) is 0 Å². The lowest BCUT2D eigenvalue weighted by Crippen LogP contribution is -1.95. The molecule has 2 aromatic rings. The number of carbonyl (C=O) groups excluding carboxylic acids is 1. The van der Waals surface area contributed by atoms with Crippen LogP contribution in [0, 0.1) is 0 Å². The summed E-state index contributed by atoms with van der Waals surface area (Å²) in [7, 11) is 0. The van der Waals surface area contributed by atoms with E-state index in [4.69, 9.17) is 14.3 Å². The van der Waals surface area contributed by atoms with E-state index in [1.54, 1.807) is 24.3 Å². The molecule has 0 saturated heterocycles. The zero-order valence-corrected chi connectivity index (χ0v) is 9.33. The lowest BCUT2D eigenvalue weighted by atomic mass is 10.2. The highest BCUT2D eigenvalue weighted by molar-refractivity contribution is 5.87. The first-order valence-corrected chi connectivity index (χ1v) is 5.18. The quantitative estimate of drug-likeness (QED) is 0.819. The van der Waals surface area contributed by atoms with Gasteiger partial charge in [0.2, 0.25) is 0 Å². The molecule has 0 aliphatic heterocycles. The van der Waals surface area contributed by atoms with Crippen LogP contribution < -0.4 is 4.74 Å². The largest absolute Gasteiger partial charge is 0.486 e. The number of rotatable bonds is 5. The first-order valence-electron chi connectivity index (χ1n) is 5.18. The predicted molar refractivity (Wildman–Crippen MR) is 61.8 cm³/mol. The summed E-state index contributed by atoms with van der Waals surface area (Å²) in [5.41, 5.74) is 0.651. The van der Waals surface area contributed by atoms with E-state index >= 15 is 0 Å². The molecule has 0 unspecified atom stereocenters. The zero-order chi connectivity index (χ0) is 13.0. The molecule has 0 spiro atoms. The fraction of sp³-hybridized carbons (Fsp3) is 0.0769. The number of carbonyl (C=O) groups is 2. The van der Waals surface area contributed by atoms with Crippen LogP contribution >= 0.6 is 0 Å². The Labute approximate surface area is 103 Å². The summed E-state index contributed by atoms with van der Waals surface area (Å²) in [4.78, 5) is 21.1. The first-order chi connectivity index (χ1) is 8.69. The normalized spacial score (nSPS) is 10.0. The maximum atomic E-state index is 10.6. The molecule has 2 rings (SSSR count). The van der Waals surface area contributed by atoms with Gasteiger partial charge < -0.3 is 14.3 Å². The molecule has 0 amide bonds. The van der Waals surface area contributed by atoms with Gasteiger partial charge in [-0.1, -0.05) is 0 Å². The Balaban J connectivity index is 1.97. The molecule has 0 aliphatic rings. The van der Waals surface area contributed by atoms with Gasteiger partial charge in [0, 0.05) is 5.56 Å². The van der Waals surface area contributed by atoms with Crippen LogP contribution in [0.15, 0.2) is 41.0 Å². The van der Waals surface area contributed by atoms with Crippen LogP contribution in [0.1, 0.15) is 26.5 Å². The Hall–Kier alpha value is -2.56. The second-order valence-electron chi connectivity index (χ2n) is 3.58. The van der Waals surface area contributed by atoms with Crippen molar-refractivity contribution in [3.63, 3.8) is 0 Å². The summed E-state index contributed by atoms with van der Waals surface area (Å²) in [5.74, 6) is -0.0407. The molecule has 1 aromatic carbocycles. The second-order valence-corrected chi connectivity index (χ2v) is 3.58.